The molecular formula is C10H16BrN5. The third-order valence-corrected chi connectivity index (χ3v) is 3.49. The number of nitrogens with zero attached hydrogens (tertiary/aromatic N) is 2. The van der Waals surface area contributed by atoms with Crippen LogP contribution in [-0.2, 0) is 0 Å². The summed E-state index contributed by atoms with van der Waals surface area (Å²) in [5, 5.41) is 3.34. The predicted octanol–water partition coefficient (Wildman–Crippen LogP) is 2.13. The van der Waals surface area contributed by atoms with E-state index in [-0.39, 0.29) is 0 Å². The van der Waals surface area contributed by atoms with Crippen LogP contribution in [0.2, 0.25) is 0 Å². The molecule has 2 rings (SSSR count). The lowest BCUT2D eigenvalue weighted by Gasteiger charge is -2.12. The molecule has 0 spiro atoms. The van der Waals surface area contributed by atoms with E-state index < -0.39 is 0 Å². The van der Waals surface area contributed by atoms with Crippen molar-refractivity contribution in [3.8, 4) is 0 Å². The molecule has 16 heavy (non-hydrogen) atoms. The first kappa shape index (κ1) is 11.6. The summed E-state index contributed by atoms with van der Waals surface area (Å²) in [4.78, 5) is 8.25. The van der Waals surface area contributed by atoms with Crippen molar-refractivity contribution < 1.29 is 0 Å². The second-order valence-corrected chi connectivity index (χ2v) is 4.92. The number of nitrogens with one attached hydrogen (secondary N) is 2. The van der Waals surface area contributed by atoms with Gasteiger partial charge in [-0.25, -0.2) is 10.8 Å². The number of aromatic nitrogens is 2. The standard InChI is InChI=1S/C10H16BrN5/c11-8-6-14-10(16-12)15-9(8)13-5-7-3-1-2-4-7/h6-7H,1-5,12H2,(H2,13,14,15,16). The van der Waals surface area contributed by atoms with E-state index >= 15 is 0 Å². The van der Waals surface area contributed by atoms with Crippen molar-refractivity contribution in [2.45, 2.75) is 25.7 Å². The van der Waals surface area contributed by atoms with Crippen molar-refractivity contribution >= 4 is 27.7 Å². The molecule has 1 aliphatic carbocycles. The molecule has 1 fully saturated rings. The highest BCUT2D eigenvalue weighted by molar-refractivity contribution is 9.10. The fraction of sp³-hybridized carbons (Fsp3) is 0.600. The monoisotopic (exact) mass is 285 g/mol. The molecule has 0 saturated heterocycles. The van der Waals surface area contributed by atoms with Gasteiger partial charge in [0.25, 0.3) is 0 Å². The number of rotatable bonds is 4. The van der Waals surface area contributed by atoms with Crippen molar-refractivity contribution in [3.63, 3.8) is 0 Å². The van der Waals surface area contributed by atoms with Gasteiger partial charge in [-0.1, -0.05) is 12.8 Å². The Morgan fingerprint density at radius 3 is 2.88 bits per heavy atom. The quantitative estimate of drug-likeness (QED) is 0.584. The topological polar surface area (TPSA) is 75.9 Å². The number of hydrazine groups is 1. The van der Waals surface area contributed by atoms with Gasteiger partial charge >= 0.3 is 0 Å². The van der Waals surface area contributed by atoms with Gasteiger partial charge in [-0.15, -0.1) is 0 Å². The molecular weight excluding hydrogens is 270 g/mol. The SMILES string of the molecule is NNc1ncc(Br)c(NCC2CCCC2)n1. The molecule has 0 aromatic carbocycles. The van der Waals surface area contributed by atoms with E-state index in [0.29, 0.717) is 5.95 Å². The zero-order chi connectivity index (χ0) is 11.4. The van der Waals surface area contributed by atoms with Gasteiger partial charge in [0.1, 0.15) is 5.82 Å². The predicted molar refractivity (Wildman–Crippen MR) is 68.0 cm³/mol. The highest BCUT2D eigenvalue weighted by atomic mass is 79.9. The van der Waals surface area contributed by atoms with Crippen LogP contribution in [-0.4, -0.2) is 16.5 Å². The molecule has 1 heterocycles. The van der Waals surface area contributed by atoms with Crippen LogP contribution in [0.15, 0.2) is 10.7 Å². The summed E-state index contributed by atoms with van der Waals surface area (Å²) in [6.07, 6.45) is 7.04. The zero-order valence-electron chi connectivity index (χ0n) is 9.04. The van der Waals surface area contributed by atoms with E-state index in [2.05, 4.69) is 36.6 Å². The molecule has 88 valence electrons. The molecule has 4 N–H and O–H groups in total. The smallest absolute Gasteiger partial charge is 0.239 e. The van der Waals surface area contributed by atoms with Crippen LogP contribution >= 0.6 is 15.9 Å². The maximum absolute atomic E-state index is 5.27. The largest absolute Gasteiger partial charge is 0.369 e. The van der Waals surface area contributed by atoms with Crippen molar-refractivity contribution in [3.05, 3.63) is 10.7 Å². The number of hydrogen-bond donors (Lipinski definition) is 3. The highest BCUT2D eigenvalue weighted by Gasteiger charge is 2.15. The Balaban J connectivity index is 1.96. The molecule has 1 aromatic heterocycles. The third kappa shape index (κ3) is 2.82. The van der Waals surface area contributed by atoms with Crippen LogP contribution in [0.25, 0.3) is 0 Å². The van der Waals surface area contributed by atoms with Gasteiger partial charge in [0.2, 0.25) is 5.95 Å². The molecule has 1 aliphatic rings. The lowest BCUT2D eigenvalue weighted by molar-refractivity contribution is 0.578. The van der Waals surface area contributed by atoms with Crippen LogP contribution < -0.4 is 16.6 Å². The van der Waals surface area contributed by atoms with Gasteiger partial charge in [-0.05, 0) is 34.7 Å². The summed E-state index contributed by atoms with van der Waals surface area (Å²) < 4.78 is 0.865. The van der Waals surface area contributed by atoms with E-state index in [1.807, 2.05) is 0 Å². The second-order valence-electron chi connectivity index (χ2n) is 4.07. The van der Waals surface area contributed by atoms with Crippen molar-refractivity contribution in [1.29, 1.82) is 0 Å². The van der Waals surface area contributed by atoms with Crippen molar-refractivity contribution in [1.82, 2.24) is 9.97 Å². The first-order chi connectivity index (χ1) is 7.79. The van der Waals surface area contributed by atoms with Crippen LogP contribution in [0.1, 0.15) is 25.7 Å². The average Bonchev–Trinajstić information content (AvgIpc) is 2.81. The Morgan fingerprint density at radius 1 is 1.44 bits per heavy atom. The molecule has 0 amide bonds. The molecule has 0 radical (unpaired) electrons. The summed E-state index contributed by atoms with van der Waals surface area (Å²) in [6.45, 7) is 0.972. The Labute approximate surface area is 103 Å². The Hall–Kier alpha value is -0.880. The van der Waals surface area contributed by atoms with Crippen LogP contribution in [0.3, 0.4) is 0 Å². The Morgan fingerprint density at radius 2 is 2.19 bits per heavy atom. The van der Waals surface area contributed by atoms with E-state index in [1.54, 1.807) is 6.20 Å². The van der Waals surface area contributed by atoms with Gasteiger partial charge in [-0.2, -0.15) is 4.98 Å². The number of nitrogen functional groups attached to an aromatic ring is 1. The van der Waals surface area contributed by atoms with E-state index in [9.17, 15) is 0 Å². The minimum atomic E-state index is 0.428. The molecule has 1 saturated carbocycles. The number of nitrogens with two attached hydrogens (primary N) is 1. The molecule has 0 atom stereocenters. The van der Waals surface area contributed by atoms with Crippen LogP contribution in [0.4, 0.5) is 11.8 Å². The van der Waals surface area contributed by atoms with E-state index in [0.717, 1.165) is 22.8 Å². The first-order valence-corrected chi connectivity index (χ1v) is 6.32. The molecule has 5 nitrogen and oxygen atoms in total. The van der Waals surface area contributed by atoms with Gasteiger partial charge < -0.3 is 5.32 Å². The summed E-state index contributed by atoms with van der Waals surface area (Å²) in [5.41, 5.74) is 2.44. The van der Waals surface area contributed by atoms with Crippen LogP contribution in [0, 0.1) is 5.92 Å². The Kier molecular flexibility index (Phi) is 3.95. The fourth-order valence-corrected chi connectivity index (χ4v) is 2.35. The summed E-state index contributed by atoms with van der Waals surface area (Å²) in [5.74, 6) is 7.27. The van der Waals surface area contributed by atoms with Gasteiger partial charge in [-0.3, -0.25) is 5.43 Å². The molecule has 0 bridgehead atoms. The highest BCUT2D eigenvalue weighted by Crippen LogP contribution is 2.26. The van der Waals surface area contributed by atoms with Gasteiger partial charge in [0, 0.05) is 12.7 Å². The molecule has 6 heteroatoms. The average molecular weight is 286 g/mol. The van der Waals surface area contributed by atoms with E-state index in [1.165, 1.54) is 25.7 Å². The van der Waals surface area contributed by atoms with E-state index in [4.69, 9.17) is 5.84 Å². The minimum Gasteiger partial charge on any atom is -0.369 e. The summed E-state index contributed by atoms with van der Waals surface area (Å²) in [7, 11) is 0. The van der Waals surface area contributed by atoms with Crippen molar-refractivity contribution in [2.75, 3.05) is 17.3 Å². The second kappa shape index (κ2) is 5.45. The normalized spacial score (nSPS) is 16.4. The lowest BCUT2D eigenvalue weighted by atomic mass is 10.1. The Bertz CT molecular complexity index is 351. The molecule has 1 aromatic rings. The maximum atomic E-state index is 5.27. The fourth-order valence-electron chi connectivity index (χ4n) is 2.02. The molecule has 0 unspecified atom stereocenters. The lowest BCUT2D eigenvalue weighted by Crippen LogP contribution is -2.15. The van der Waals surface area contributed by atoms with Crippen molar-refractivity contribution in [2.24, 2.45) is 11.8 Å². The number of anilines is 2. The summed E-state index contributed by atoms with van der Waals surface area (Å²) in [6, 6.07) is 0. The van der Waals surface area contributed by atoms with Gasteiger partial charge in [0.05, 0.1) is 4.47 Å². The minimum absolute atomic E-state index is 0.428. The van der Waals surface area contributed by atoms with Gasteiger partial charge in [0.15, 0.2) is 0 Å². The number of hydrogen-bond acceptors (Lipinski definition) is 5. The summed E-state index contributed by atoms with van der Waals surface area (Å²) >= 11 is 3.41. The third-order valence-electron chi connectivity index (χ3n) is 2.91. The maximum Gasteiger partial charge on any atom is 0.239 e. The first-order valence-electron chi connectivity index (χ1n) is 5.52. The number of halogens is 1. The molecule has 0 aliphatic heterocycles. The zero-order valence-corrected chi connectivity index (χ0v) is 10.6. The van der Waals surface area contributed by atoms with Crippen LogP contribution in [0.5, 0.6) is 0 Å².